The zero-order valence-electron chi connectivity index (χ0n) is 11.3. The second-order valence-corrected chi connectivity index (χ2v) is 5.66. The number of methoxy groups -OCH3 is 1. The average Bonchev–Trinajstić information content (AvgIpc) is 2.84. The summed E-state index contributed by atoms with van der Waals surface area (Å²) in [6.45, 7) is 2.92. The molecule has 0 spiro atoms. The van der Waals surface area contributed by atoms with Gasteiger partial charge in [0.1, 0.15) is 5.75 Å². The number of aryl methyl sites for hydroxylation is 1. The van der Waals surface area contributed by atoms with Crippen molar-refractivity contribution in [3.63, 3.8) is 0 Å². The Hall–Kier alpha value is -1.10. The smallest absolute Gasteiger partial charge is 0.131 e. The molecule has 0 saturated heterocycles. The third kappa shape index (κ3) is 3.26. The molecule has 0 aliphatic carbocycles. The van der Waals surface area contributed by atoms with Crippen molar-refractivity contribution < 1.29 is 4.74 Å². The van der Waals surface area contributed by atoms with E-state index in [4.69, 9.17) is 16.3 Å². The van der Waals surface area contributed by atoms with Crippen LogP contribution in [0.25, 0.3) is 11.3 Å². The molecular formula is C14H17ClN2OS. The van der Waals surface area contributed by atoms with Crippen LogP contribution in [0.15, 0.2) is 17.5 Å². The van der Waals surface area contributed by atoms with Gasteiger partial charge in [-0.05, 0) is 31.7 Å². The summed E-state index contributed by atoms with van der Waals surface area (Å²) < 4.78 is 5.47. The Morgan fingerprint density at radius 2 is 2.21 bits per heavy atom. The zero-order valence-corrected chi connectivity index (χ0v) is 12.9. The molecule has 0 saturated carbocycles. The Morgan fingerprint density at radius 1 is 1.42 bits per heavy atom. The van der Waals surface area contributed by atoms with Crippen LogP contribution in [0.3, 0.4) is 0 Å². The lowest BCUT2D eigenvalue weighted by Gasteiger charge is -2.10. The van der Waals surface area contributed by atoms with Gasteiger partial charge in [-0.1, -0.05) is 11.6 Å². The molecule has 2 rings (SSSR count). The molecular weight excluding hydrogens is 280 g/mol. The monoisotopic (exact) mass is 296 g/mol. The van der Waals surface area contributed by atoms with Crippen molar-refractivity contribution >= 4 is 22.9 Å². The number of benzene rings is 1. The van der Waals surface area contributed by atoms with Gasteiger partial charge in [-0.3, -0.25) is 0 Å². The highest BCUT2D eigenvalue weighted by atomic mass is 35.5. The number of nitrogens with zero attached hydrogens (tertiary/aromatic N) is 1. The van der Waals surface area contributed by atoms with E-state index >= 15 is 0 Å². The van der Waals surface area contributed by atoms with Gasteiger partial charge in [-0.2, -0.15) is 0 Å². The van der Waals surface area contributed by atoms with Crippen LogP contribution in [-0.4, -0.2) is 25.7 Å². The van der Waals surface area contributed by atoms with Crippen LogP contribution >= 0.6 is 22.9 Å². The summed E-state index contributed by atoms with van der Waals surface area (Å²) in [5.41, 5.74) is 2.91. The molecule has 3 nitrogen and oxygen atoms in total. The summed E-state index contributed by atoms with van der Waals surface area (Å²) in [5.74, 6) is 0.842. The number of thiazole rings is 1. The van der Waals surface area contributed by atoms with E-state index in [9.17, 15) is 0 Å². The third-order valence-electron chi connectivity index (χ3n) is 2.86. The first-order valence-corrected chi connectivity index (χ1v) is 7.35. The Bertz CT molecular complexity index is 569. The molecule has 1 heterocycles. The summed E-state index contributed by atoms with van der Waals surface area (Å²) >= 11 is 7.79. The second kappa shape index (κ2) is 6.37. The molecule has 5 heteroatoms. The van der Waals surface area contributed by atoms with E-state index in [0.717, 1.165) is 40.5 Å². The molecule has 0 atom stereocenters. The molecule has 0 aliphatic heterocycles. The molecule has 1 N–H and O–H groups in total. The van der Waals surface area contributed by atoms with Crippen molar-refractivity contribution in [3.05, 3.63) is 33.1 Å². The van der Waals surface area contributed by atoms with Gasteiger partial charge in [0, 0.05) is 28.9 Å². The maximum absolute atomic E-state index is 6.13. The number of hydrogen-bond donors (Lipinski definition) is 1. The van der Waals surface area contributed by atoms with Crippen molar-refractivity contribution in [2.24, 2.45) is 0 Å². The first-order chi connectivity index (χ1) is 9.15. The van der Waals surface area contributed by atoms with Gasteiger partial charge < -0.3 is 10.1 Å². The highest BCUT2D eigenvalue weighted by Gasteiger charge is 2.13. The van der Waals surface area contributed by atoms with E-state index in [2.05, 4.69) is 15.7 Å². The Balaban J connectivity index is 2.38. The molecule has 2 aromatic rings. The van der Waals surface area contributed by atoms with Crippen LogP contribution in [0.1, 0.15) is 10.6 Å². The Kier molecular flexibility index (Phi) is 4.80. The largest absolute Gasteiger partial charge is 0.496 e. The number of ether oxygens (including phenoxy) is 1. The minimum atomic E-state index is 0.707. The molecule has 0 amide bonds. The van der Waals surface area contributed by atoms with Gasteiger partial charge in [0.2, 0.25) is 0 Å². The highest BCUT2D eigenvalue weighted by Crippen LogP contribution is 2.36. The Labute approximate surface area is 122 Å². The van der Waals surface area contributed by atoms with Crippen LogP contribution in [0.5, 0.6) is 5.75 Å². The summed E-state index contributed by atoms with van der Waals surface area (Å²) in [4.78, 5) is 4.65. The van der Waals surface area contributed by atoms with Gasteiger partial charge in [-0.15, -0.1) is 11.3 Å². The fourth-order valence-corrected chi connectivity index (χ4v) is 3.04. The predicted octanol–water partition coefficient (Wildman–Crippen LogP) is 3.54. The summed E-state index contributed by atoms with van der Waals surface area (Å²) in [5, 5.41) is 7.00. The molecule has 0 unspecified atom stereocenters. The van der Waals surface area contributed by atoms with Gasteiger partial charge in [0.15, 0.2) is 0 Å². The quantitative estimate of drug-likeness (QED) is 0.916. The number of halogens is 1. The fraction of sp³-hybridized carbons (Fsp3) is 0.357. The number of likely N-dealkylation sites (N-methyl/N-ethyl adjacent to an activating group) is 1. The summed E-state index contributed by atoms with van der Waals surface area (Å²) in [6, 6.07) is 3.81. The van der Waals surface area contributed by atoms with Crippen molar-refractivity contribution in [2.75, 3.05) is 20.7 Å². The normalized spacial score (nSPS) is 10.7. The van der Waals surface area contributed by atoms with Gasteiger partial charge in [-0.25, -0.2) is 4.98 Å². The fourth-order valence-electron chi connectivity index (χ4n) is 1.97. The predicted molar refractivity (Wildman–Crippen MR) is 81.5 cm³/mol. The van der Waals surface area contributed by atoms with E-state index in [1.54, 1.807) is 18.4 Å². The van der Waals surface area contributed by atoms with Crippen LogP contribution in [0, 0.1) is 6.92 Å². The van der Waals surface area contributed by atoms with Crippen LogP contribution < -0.4 is 10.1 Å². The minimum absolute atomic E-state index is 0.707. The van der Waals surface area contributed by atoms with Crippen LogP contribution in [-0.2, 0) is 6.42 Å². The highest BCUT2D eigenvalue weighted by molar-refractivity contribution is 7.09. The molecule has 102 valence electrons. The van der Waals surface area contributed by atoms with E-state index in [-0.39, 0.29) is 0 Å². The van der Waals surface area contributed by atoms with Gasteiger partial charge in [0.05, 0.1) is 17.8 Å². The molecule has 19 heavy (non-hydrogen) atoms. The zero-order chi connectivity index (χ0) is 13.8. The van der Waals surface area contributed by atoms with E-state index in [1.807, 2.05) is 26.1 Å². The van der Waals surface area contributed by atoms with Crippen molar-refractivity contribution in [1.82, 2.24) is 10.3 Å². The van der Waals surface area contributed by atoms with E-state index < -0.39 is 0 Å². The molecule has 1 aromatic carbocycles. The SMILES string of the molecule is CNCCc1nc(-c2cc(Cl)cc(C)c2OC)cs1. The maximum Gasteiger partial charge on any atom is 0.131 e. The average molecular weight is 297 g/mol. The second-order valence-electron chi connectivity index (χ2n) is 4.28. The first-order valence-electron chi connectivity index (χ1n) is 6.09. The number of nitrogens with one attached hydrogen (secondary N) is 1. The van der Waals surface area contributed by atoms with Crippen molar-refractivity contribution in [3.8, 4) is 17.0 Å². The van der Waals surface area contributed by atoms with Crippen molar-refractivity contribution in [1.29, 1.82) is 0 Å². The van der Waals surface area contributed by atoms with E-state index in [1.165, 1.54) is 0 Å². The molecule has 1 aromatic heterocycles. The summed E-state index contributed by atoms with van der Waals surface area (Å²) in [6.07, 6.45) is 0.934. The van der Waals surface area contributed by atoms with E-state index in [0.29, 0.717) is 5.02 Å². The lowest BCUT2D eigenvalue weighted by molar-refractivity contribution is 0.413. The topological polar surface area (TPSA) is 34.2 Å². The summed E-state index contributed by atoms with van der Waals surface area (Å²) in [7, 11) is 3.62. The lowest BCUT2D eigenvalue weighted by Crippen LogP contribution is -2.09. The number of rotatable bonds is 5. The standard InChI is InChI=1S/C14H17ClN2OS/c1-9-6-10(15)7-11(14(9)18-3)12-8-19-13(17-12)4-5-16-2/h6-8,16H,4-5H2,1-3H3. The molecule has 0 fully saturated rings. The number of aromatic nitrogens is 1. The molecule has 0 radical (unpaired) electrons. The van der Waals surface area contributed by atoms with Crippen LogP contribution in [0.4, 0.5) is 0 Å². The lowest BCUT2D eigenvalue weighted by atomic mass is 10.1. The Morgan fingerprint density at radius 3 is 2.89 bits per heavy atom. The third-order valence-corrected chi connectivity index (χ3v) is 3.99. The maximum atomic E-state index is 6.13. The number of hydrogen-bond acceptors (Lipinski definition) is 4. The van der Waals surface area contributed by atoms with Crippen LogP contribution in [0.2, 0.25) is 5.02 Å². The minimum Gasteiger partial charge on any atom is -0.496 e. The molecule has 0 aliphatic rings. The van der Waals surface area contributed by atoms with Gasteiger partial charge >= 0.3 is 0 Å². The molecule has 0 bridgehead atoms. The van der Waals surface area contributed by atoms with Gasteiger partial charge in [0.25, 0.3) is 0 Å². The van der Waals surface area contributed by atoms with Crippen molar-refractivity contribution in [2.45, 2.75) is 13.3 Å². The first kappa shape index (κ1) is 14.3.